The molecule has 0 amide bonds. The van der Waals surface area contributed by atoms with Gasteiger partial charge in [-0.3, -0.25) is 0 Å². The molecule has 0 aromatic heterocycles. The van der Waals surface area contributed by atoms with Gasteiger partial charge < -0.3 is 0 Å². The van der Waals surface area contributed by atoms with E-state index in [0.29, 0.717) is 16.7 Å². The zero-order valence-electron chi connectivity index (χ0n) is 10.2. The molecule has 0 spiro atoms. The second kappa shape index (κ2) is 5.33. The van der Waals surface area contributed by atoms with Gasteiger partial charge in [0.25, 0.3) is 0 Å². The fourth-order valence-corrected chi connectivity index (χ4v) is 1.85. The van der Waals surface area contributed by atoms with Gasteiger partial charge in [-0.1, -0.05) is 12.1 Å². The summed E-state index contributed by atoms with van der Waals surface area (Å²) in [4.78, 5) is 0. The first-order chi connectivity index (χ1) is 9.40. The minimum Gasteiger partial charge on any atom is -0.207 e. The second-order valence-corrected chi connectivity index (χ2v) is 4.28. The number of rotatable bonds is 2. The normalized spacial score (nSPS) is 11.2. The van der Waals surface area contributed by atoms with Crippen molar-refractivity contribution in [1.82, 2.24) is 0 Å². The summed E-state index contributed by atoms with van der Waals surface area (Å²) in [6, 6.07) is 10.3. The standard InChI is InChI=1S/C15H9F4N/c16-14-6-3-11(9-20)12(8-14)7-10-1-4-13(5-2-10)15(17,18)19/h1-6,8H,7H2. The van der Waals surface area contributed by atoms with Gasteiger partial charge in [0.15, 0.2) is 0 Å². The van der Waals surface area contributed by atoms with Crippen molar-refractivity contribution >= 4 is 0 Å². The summed E-state index contributed by atoms with van der Waals surface area (Å²) in [6.07, 6.45) is -4.17. The molecule has 0 heterocycles. The van der Waals surface area contributed by atoms with Crippen LogP contribution in [0.3, 0.4) is 0 Å². The van der Waals surface area contributed by atoms with E-state index in [2.05, 4.69) is 0 Å². The number of halogens is 4. The first-order valence-electron chi connectivity index (χ1n) is 5.75. The molecule has 0 radical (unpaired) electrons. The van der Waals surface area contributed by atoms with Gasteiger partial charge in [0.1, 0.15) is 5.82 Å². The van der Waals surface area contributed by atoms with Gasteiger partial charge in [-0.15, -0.1) is 0 Å². The van der Waals surface area contributed by atoms with Crippen LogP contribution in [0.15, 0.2) is 42.5 Å². The van der Waals surface area contributed by atoms with E-state index >= 15 is 0 Å². The Labute approximate surface area is 113 Å². The molecule has 5 heteroatoms. The lowest BCUT2D eigenvalue weighted by atomic mass is 9.99. The van der Waals surface area contributed by atoms with E-state index in [4.69, 9.17) is 5.26 Å². The van der Waals surface area contributed by atoms with Gasteiger partial charge in [0, 0.05) is 0 Å². The number of nitrogens with zero attached hydrogens (tertiary/aromatic N) is 1. The molecule has 2 rings (SSSR count). The minimum absolute atomic E-state index is 0.207. The van der Waals surface area contributed by atoms with E-state index in [-0.39, 0.29) is 6.42 Å². The maximum absolute atomic E-state index is 13.1. The van der Waals surface area contributed by atoms with Crippen LogP contribution in [0.5, 0.6) is 0 Å². The molecule has 0 unspecified atom stereocenters. The highest BCUT2D eigenvalue weighted by Crippen LogP contribution is 2.29. The molecule has 0 fully saturated rings. The molecule has 0 saturated heterocycles. The van der Waals surface area contributed by atoms with Crippen molar-refractivity contribution in [1.29, 1.82) is 5.26 Å². The summed E-state index contributed by atoms with van der Waals surface area (Å²) >= 11 is 0. The van der Waals surface area contributed by atoms with Gasteiger partial charge >= 0.3 is 6.18 Å². The van der Waals surface area contributed by atoms with Gasteiger partial charge in [-0.05, 0) is 47.9 Å². The summed E-state index contributed by atoms with van der Waals surface area (Å²) in [6.45, 7) is 0. The topological polar surface area (TPSA) is 23.8 Å². The monoisotopic (exact) mass is 279 g/mol. The van der Waals surface area contributed by atoms with Crippen LogP contribution in [0.4, 0.5) is 17.6 Å². The van der Waals surface area contributed by atoms with Crippen LogP contribution >= 0.6 is 0 Å². The highest BCUT2D eigenvalue weighted by Gasteiger charge is 2.29. The summed E-state index contributed by atoms with van der Waals surface area (Å²) < 4.78 is 50.4. The average molecular weight is 279 g/mol. The molecule has 0 N–H and O–H groups in total. The van der Waals surface area contributed by atoms with Gasteiger partial charge in [-0.2, -0.15) is 18.4 Å². The zero-order chi connectivity index (χ0) is 14.8. The Bertz CT molecular complexity index is 651. The van der Waals surface area contributed by atoms with Crippen LogP contribution < -0.4 is 0 Å². The molecule has 0 aliphatic heterocycles. The SMILES string of the molecule is N#Cc1ccc(F)cc1Cc1ccc(C(F)(F)F)cc1. The predicted molar refractivity (Wildman–Crippen MR) is 65.4 cm³/mol. The molecule has 0 aliphatic rings. The van der Waals surface area contributed by atoms with Gasteiger partial charge in [-0.25, -0.2) is 4.39 Å². The Hall–Kier alpha value is -2.35. The largest absolute Gasteiger partial charge is 0.416 e. The van der Waals surface area contributed by atoms with Crippen molar-refractivity contribution in [3.05, 3.63) is 70.5 Å². The molecule has 1 nitrogen and oxygen atoms in total. The summed E-state index contributed by atoms with van der Waals surface area (Å²) in [7, 11) is 0. The molecular weight excluding hydrogens is 270 g/mol. The van der Waals surface area contributed by atoms with Crippen molar-refractivity contribution < 1.29 is 17.6 Å². The molecule has 0 aliphatic carbocycles. The van der Waals surface area contributed by atoms with Gasteiger partial charge in [0.05, 0.1) is 17.2 Å². The van der Waals surface area contributed by atoms with Crippen molar-refractivity contribution in [3.63, 3.8) is 0 Å². The first kappa shape index (κ1) is 14.1. The Morgan fingerprint density at radius 1 is 1.00 bits per heavy atom. The maximum Gasteiger partial charge on any atom is 0.416 e. The third-order valence-corrected chi connectivity index (χ3v) is 2.86. The third kappa shape index (κ3) is 3.15. The lowest BCUT2D eigenvalue weighted by Crippen LogP contribution is -2.04. The van der Waals surface area contributed by atoms with E-state index in [1.807, 2.05) is 6.07 Å². The zero-order valence-corrected chi connectivity index (χ0v) is 10.2. The first-order valence-corrected chi connectivity index (χ1v) is 5.75. The van der Waals surface area contributed by atoms with Crippen molar-refractivity contribution in [2.45, 2.75) is 12.6 Å². The van der Waals surface area contributed by atoms with E-state index < -0.39 is 17.6 Å². The van der Waals surface area contributed by atoms with Crippen molar-refractivity contribution in [2.24, 2.45) is 0 Å². The number of benzene rings is 2. The molecule has 0 bridgehead atoms. The molecule has 20 heavy (non-hydrogen) atoms. The molecule has 2 aromatic rings. The molecule has 0 atom stereocenters. The van der Waals surface area contributed by atoms with Crippen LogP contribution in [-0.4, -0.2) is 0 Å². The van der Waals surface area contributed by atoms with Crippen LogP contribution in [0.1, 0.15) is 22.3 Å². The Morgan fingerprint density at radius 3 is 2.20 bits per heavy atom. The molecular formula is C15H9F4N. The summed E-state index contributed by atoms with van der Waals surface area (Å²) in [5.74, 6) is -0.481. The third-order valence-electron chi connectivity index (χ3n) is 2.86. The van der Waals surface area contributed by atoms with Crippen LogP contribution in [-0.2, 0) is 12.6 Å². The summed E-state index contributed by atoms with van der Waals surface area (Å²) in [5.41, 5.74) is 0.611. The van der Waals surface area contributed by atoms with E-state index in [0.717, 1.165) is 12.1 Å². The maximum atomic E-state index is 13.1. The molecule has 0 saturated carbocycles. The quantitative estimate of drug-likeness (QED) is 0.751. The smallest absolute Gasteiger partial charge is 0.207 e. The summed E-state index contributed by atoms with van der Waals surface area (Å²) in [5, 5.41) is 8.92. The highest BCUT2D eigenvalue weighted by atomic mass is 19.4. The van der Waals surface area contributed by atoms with E-state index in [1.54, 1.807) is 0 Å². The second-order valence-electron chi connectivity index (χ2n) is 4.28. The lowest BCUT2D eigenvalue weighted by Gasteiger charge is -2.08. The predicted octanol–water partition coefficient (Wildman–Crippen LogP) is 4.31. The van der Waals surface area contributed by atoms with Gasteiger partial charge in [0.2, 0.25) is 0 Å². The molecule has 102 valence electrons. The highest BCUT2D eigenvalue weighted by molar-refractivity contribution is 5.41. The van der Waals surface area contributed by atoms with Crippen LogP contribution in [0, 0.1) is 17.1 Å². The van der Waals surface area contributed by atoms with E-state index in [1.165, 1.54) is 30.3 Å². The van der Waals surface area contributed by atoms with E-state index in [9.17, 15) is 17.6 Å². The molecule has 2 aromatic carbocycles. The Kier molecular flexibility index (Phi) is 3.75. The number of alkyl halides is 3. The number of hydrogen-bond acceptors (Lipinski definition) is 1. The van der Waals surface area contributed by atoms with Crippen molar-refractivity contribution in [3.8, 4) is 6.07 Å². The fraction of sp³-hybridized carbons (Fsp3) is 0.133. The Balaban J connectivity index is 2.27. The van der Waals surface area contributed by atoms with Crippen LogP contribution in [0.2, 0.25) is 0 Å². The average Bonchev–Trinajstić information content (AvgIpc) is 2.38. The number of hydrogen-bond donors (Lipinski definition) is 0. The Morgan fingerprint density at radius 2 is 1.65 bits per heavy atom. The number of nitriles is 1. The minimum atomic E-state index is -4.38. The van der Waals surface area contributed by atoms with Crippen molar-refractivity contribution in [2.75, 3.05) is 0 Å². The fourth-order valence-electron chi connectivity index (χ4n) is 1.85. The lowest BCUT2D eigenvalue weighted by molar-refractivity contribution is -0.137. The van der Waals surface area contributed by atoms with Crippen LogP contribution in [0.25, 0.3) is 0 Å².